The summed E-state index contributed by atoms with van der Waals surface area (Å²) in [4.78, 5) is 21.5. The van der Waals surface area contributed by atoms with Crippen molar-refractivity contribution in [2.75, 3.05) is 6.54 Å². The molecule has 0 aliphatic rings. The molecule has 0 fully saturated rings. The summed E-state index contributed by atoms with van der Waals surface area (Å²) in [5.74, 6) is -0.371. The van der Waals surface area contributed by atoms with E-state index in [0.29, 0.717) is 4.48 Å². The van der Waals surface area contributed by atoms with Gasteiger partial charge in [0.2, 0.25) is 0 Å². The second kappa shape index (κ2) is 5.41. The first-order valence-corrected chi connectivity index (χ1v) is 5.16. The summed E-state index contributed by atoms with van der Waals surface area (Å²) in [5.41, 5.74) is 0.147. The Kier molecular flexibility index (Phi) is 4.19. The molecule has 1 aromatic rings. The smallest absolute Gasteiger partial charge is 0.270 e. The number of halogens is 1. The van der Waals surface area contributed by atoms with Crippen LogP contribution in [0.15, 0.2) is 35.3 Å². The van der Waals surface area contributed by atoms with Crippen LogP contribution in [0.5, 0.6) is 0 Å². The Bertz CT molecular complexity index is 445. The molecule has 1 amide bonds. The molecule has 0 aliphatic carbocycles. The number of nitro benzene ring substituents is 1. The van der Waals surface area contributed by atoms with Crippen molar-refractivity contribution in [1.29, 1.82) is 0 Å². The minimum Gasteiger partial charge on any atom is -0.347 e. The highest BCUT2D eigenvalue weighted by Crippen LogP contribution is 2.13. The molecule has 0 unspecified atom stereocenters. The molecule has 1 N–H and O–H groups in total. The summed E-state index contributed by atoms with van der Waals surface area (Å²) >= 11 is 3.10. The van der Waals surface area contributed by atoms with Crippen LogP contribution in [0.3, 0.4) is 0 Å². The van der Waals surface area contributed by atoms with Gasteiger partial charge in [0, 0.05) is 28.7 Å². The van der Waals surface area contributed by atoms with Crippen molar-refractivity contribution >= 4 is 27.5 Å². The summed E-state index contributed by atoms with van der Waals surface area (Å²) in [5, 5.41) is 13.1. The van der Waals surface area contributed by atoms with Gasteiger partial charge in [-0.25, -0.2) is 0 Å². The highest BCUT2D eigenvalue weighted by atomic mass is 79.9. The minimum absolute atomic E-state index is 0.106. The number of rotatable bonds is 4. The van der Waals surface area contributed by atoms with Gasteiger partial charge in [-0.15, -0.1) is 0 Å². The topological polar surface area (TPSA) is 72.2 Å². The molecule has 0 atom stereocenters. The zero-order valence-corrected chi connectivity index (χ0v) is 9.86. The minimum atomic E-state index is -0.541. The molecule has 0 aliphatic heterocycles. The third kappa shape index (κ3) is 3.47. The second-order valence-electron chi connectivity index (χ2n) is 3.01. The first-order chi connectivity index (χ1) is 7.50. The van der Waals surface area contributed by atoms with E-state index >= 15 is 0 Å². The van der Waals surface area contributed by atoms with Crippen molar-refractivity contribution in [3.05, 3.63) is 51.0 Å². The molecule has 0 aromatic heterocycles. The van der Waals surface area contributed by atoms with Gasteiger partial charge in [0.15, 0.2) is 0 Å². The predicted octanol–water partition coefficient (Wildman–Crippen LogP) is 2.23. The summed E-state index contributed by atoms with van der Waals surface area (Å²) in [6.07, 6.45) is 0. The van der Waals surface area contributed by atoms with Crippen molar-refractivity contribution in [3.8, 4) is 0 Å². The van der Waals surface area contributed by atoms with Crippen molar-refractivity contribution in [2.24, 2.45) is 0 Å². The fourth-order valence-electron chi connectivity index (χ4n) is 1.04. The summed E-state index contributed by atoms with van der Waals surface area (Å²) in [6.45, 7) is 3.84. The molecule has 0 saturated carbocycles. The number of non-ortho nitro benzene ring substituents is 1. The number of hydrogen-bond acceptors (Lipinski definition) is 3. The molecule has 84 valence electrons. The molecule has 0 radical (unpaired) electrons. The third-order valence-corrected chi connectivity index (χ3v) is 2.04. The van der Waals surface area contributed by atoms with Crippen molar-refractivity contribution in [3.63, 3.8) is 0 Å². The monoisotopic (exact) mass is 284 g/mol. The summed E-state index contributed by atoms with van der Waals surface area (Å²) < 4.78 is 0.631. The SMILES string of the molecule is C=C(Br)CNC(=O)c1cccc([N+](=O)[O-])c1. The summed E-state index contributed by atoms with van der Waals surface area (Å²) in [7, 11) is 0. The van der Waals surface area contributed by atoms with Crippen LogP contribution in [0.4, 0.5) is 5.69 Å². The lowest BCUT2D eigenvalue weighted by atomic mass is 10.2. The van der Waals surface area contributed by atoms with Crippen LogP contribution in [0, 0.1) is 10.1 Å². The third-order valence-electron chi connectivity index (χ3n) is 1.76. The number of nitro groups is 1. The number of nitrogens with zero attached hydrogens (tertiary/aromatic N) is 1. The number of hydrogen-bond donors (Lipinski definition) is 1. The highest BCUT2D eigenvalue weighted by molar-refractivity contribution is 9.11. The van der Waals surface area contributed by atoms with Crippen LogP contribution in [0.2, 0.25) is 0 Å². The molecular formula is C10H9BrN2O3. The van der Waals surface area contributed by atoms with E-state index in [1.807, 2.05) is 0 Å². The molecule has 0 spiro atoms. The number of amides is 1. The van der Waals surface area contributed by atoms with Gasteiger partial charge in [0.25, 0.3) is 11.6 Å². The molecule has 0 bridgehead atoms. The standard InChI is InChI=1S/C10H9BrN2O3/c1-7(11)6-12-10(14)8-3-2-4-9(5-8)13(15)16/h2-5H,1,6H2,(H,12,14). The highest BCUT2D eigenvalue weighted by Gasteiger charge is 2.10. The maximum absolute atomic E-state index is 11.5. The van der Waals surface area contributed by atoms with E-state index in [0.717, 1.165) is 0 Å². The maximum Gasteiger partial charge on any atom is 0.270 e. The zero-order valence-electron chi connectivity index (χ0n) is 8.27. The van der Waals surface area contributed by atoms with E-state index in [9.17, 15) is 14.9 Å². The van der Waals surface area contributed by atoms with E-state index < -0.39 is 4.92 Å². The second-order valence-corrected chi connectivity index (χ2v) is 4.13. The van der Waals surface area contributed by atoms with Crippen molar-refractivity contribution in [2.45, 2.75) is 0 Å². The molecule has 1 aromatic carbocycles. The fraction of sp³-hybridized carbons (Fsp3) is 0.100. The van der Waals surface area contributed by atoms with Gasteiger partial charge < -0.3 is 5.32 Å². The number of benzene rings is 1. The first-order valence-electron chi connectivity index (χ1n) is 4.36. The molecule has 5 nitrogen and oxygen atoms in total. The van der Waals surface area contributed by atoms with Gasteiger partial charge in [-0.3, -0.25) is 14.9 Å². The van der Waals surface area contributed by atoms with E-state index in [2.05, 4.69) is 27.8 Å². The molecule has 16 heavy (non-hydrogen) atoms. The average Bonchev–Trinajstić information content (AvgIpc) is 2.26. The maximum atomic E-state index is 11.5. The largest absolute Gasteiger partial charge is 0.347 e. The van der Waals surface area contributed by atoms with Crippen molar-refractivity contribution < 1.29 is 9.72 Å². The fourth-order valence-corrected chi connectivity index (χ4v) is 1.18. The lowest BCUT2D eigenvalue weighted by Crippen LogP contribution is -2.24. The van der Waals surface area contributed by atoms with Crippen LogP contribution < -0.4 is 5.32 Å². The van der Waals surface area contributed by atoms with Gasteiger partial charge in [0.1, 0.15) is 0 Å². The van der Waals surface area contributed by atoms with E-state index in [1.54, 1.807) is 0 Å². The Morgan fingerprint density at radius 3 is 2.81 bits per heavy atom. The van der Waals surface area contributed by atoms with Gasteiger partial charge >= 0.3 is 0 Å². The van der Waals surface area contributed by atoms with Crippen LogP contribution in [0.25, 0.3) is 0 Å². The Morgan fingerprint density at radius 1 is 1.56 bits per heavy atom. The number of carbonyl (C=O) groups is 1. The van der Waals surface area contributed by atoms with Gasteiger partial charge in [-0.2, -0.15) is 0 Å². The Morgan fingerprint density at radius 2 is 2.25 bits per heavy atom. The lowest BCUT2D eigenvalue weighted by molar-refractivity contribution is -0.384. The van der Waals surface area contributed by atoms with Gasteiger partial charge in [-0.05, 0) is 6.07 Å². The molecule has 6 heteroatoms. The first kappa shape index (κ1) is 12.4. The van der Waals surface area contributed by atoms with Crippen LogP contribution in [-0.4, -0.2) is 17.4 Å². The van der Waals surface area contributed by atoms with E-state index in [-0.39, 0.29) is 23.7 Å². The predicted molar refractivity (Wildman–Crippen MR) is 63.5 cm³/mol. The number of carbonyl (C=O) groups excluding carboxylic acids is 1. The van der Waals surface area contributed by atoms with Crippen LogP contribution in [-0.2, 0) is 0 Å². The summed E-state index contributed by atoms with van der Waals surface area (Å²) in [6, 6.07) is 5.54. The Balaban J connectivity index is 2.79. The van der Waals surface area contributed by atoms with Gasteiger partial charge in [-0.1, -0.05) is 28.6 Å². The Labute approximate surface area is 100 Å². The quantitative estimate of drug-likeness (QED) is 0.681. The van der Waals surface area contributed by atoms with Crippen molar-refractivity contribution in [1.82, 2.24) is 5.32 Å². The molecule has 0 heterocycles. The van der Waals surface area contributed by atoms with E-state index in [4.69, 9.17) is 0 Å². The molecule has 0 saturated heterocycles. The van der Waals surface area contributed by atoms with Crippen LogP contribution in [0.1, 0.15) is 10.4 Å². The van der Waals surface area contributed by atoms with Crippen LogP contribution >= 0.6 is 15.9 Å². The zero-order chi connectivity index (χ0) is 12.1. The van der Waals surface area contributed by atoms with E-state index in [1.165, 1.54) is 24.3 Å². The van der Waals surface area contributed by atoms with Gasteiger partial charge in [0.05, 0.1) is 4.92 Å². The lowest BCUT2D eigenvalue weighted by Gasteiger charge is -2.03. The molecule has 1 rings (SSSR count). The number of nitrogens with one attached hydrogen (secondary N) is 1. The average molecular weight is 285 g/mol. The Hall–Kier alpha value is -1.69. The normalized spacial score (nSPS) is 9.56. The molecular weight excluding hydrogens is 276 g/mol.